The number of carboxylic acids is 1. The molecule has 3 atom stereocenters. The first-order valence-corrected chi connectivity index (χ1v) is 7.43. The molecular formula is C11H12N2O3S2. The lowest BCUT2D eigenvalue weighted by Gasteiger charge is -2.18. The van der Waals surface area contributed by atoms with E-state index >= 15 is 0 Å². The van der Waals surface area contributed by atoms with Crippen LogP contribution in [0.3, 0.4) is 0 Å². The van der Waals surface area contributed by atoms with E-state index in [0.29, 0.717) is 5.75 Å². The third kappa shape index (κ3) is 2.13. The van der Waals surface area contributed by atoms with Gasteiger partial charge in [-0.15, -0.1) is 11.8 Å². The molecule has 2 aliphatic rings. The second-order valence-corrected chi connectivity index (χ2v) is 6.53. The summed E-state index contributed by atoms with van der Waals surface area (Å²) in [7, 11) is 0. The zero-order chi connectivity index (χ0) is 12.7. The molecule has 0 amide bonds. The van der Waals surface area contributed by atoms with Crippen LogP contribution in [-0.2, 0) is 4.79 Å². The van der Waals surface area contributed by atoms with Gasteiger partial charge in [-0.3, -0.25) is 10.1 Å². The number of benzene rings is 1. The van der Waals surface area contributed by atoms with E-state index in [1.807, 2.05) is 6.07 Å². The van der Waals surface area contributed by atoms with E-state index in [2.05, 4.69) is 10.6 Å². The Labute approximate surface area is 112 Å². The molecule has 3 unspecified atom stereocenters. The molecule has 96 valence electrons. The Morgan fingerprint density at radius 3 is 2.94 bits per heavy atom. The quantitative estimate of drug-likeness (QED) is 0.610. The van der Waals surface area contributed by atoms with Gasteiger partial charge in [-0.2, -0.15) is 0 Å². The van der Waals surface area contributed by atoms with Crippen molar-refractivity contribution in [3.63, 3.8) is 0 Å². The second kappa shape index (κ2) is 4.56. The van der Waals surface area contributed by atoms with Crippen LogP contribution in [0, 0.1) is 0 Å². The molecule has 0 aromatic heterocycles. The maximum Gasteiger partial charge on any atom is 0.321 e. The summed E-state index contributed by atoms with van der Waals surface area (Å²) in [5, 5.41) is 25.0. The summed E-state index contributed by atoms with van der Waals surface area (Å²) in [6, 6.07) is 4.73. The number of phenols is 1. The third-order valence-corrected chi connectivity index (χ3v) is 5.60. The van der Waals surface area contributed by atoms with Crippen molar-refractivity contribution in [2.24, 2.45) is 0 Å². The van der Waals surface area contributed by atoms with Gasteiger partial charge in [0, 0.05) is 16.3 Å². The van der Waals surface area contributed by atoms with E-state index in [1.54, 1.807) is 35.7 Å². The third-order valence-electron chi connectivity index (χ3n) is 2.90. The number of fused-ring (bicyclic) bond motifs is 1. The van der Waals surface area contributed by atoms with Gasteiger partial charge < -0.3 is 15.5 Å². The van der Waals surface area contributed by atoms with Crippen LogP contribution in [0.4, 0.5) is 5.69 Å². The monoisotopic (exact) mass is 284 g/mol. The molecule has 2 heterocycles. The highest BCUT2D eigenvalue weighted by molar-refractivity contribution is 8.04. The van der Waals surface area contributed by atoms with Gasteiger partial charge >= 0.3 is 5.97 Å². The van der Waals surface area contributed by atoms with Gasteiger partial charge in [0.2, 0.25) is 0 Å². The summed E-state index contributed by atoms with van der Waals surface area (Å²) in [4.78, 5) is 11.9. The van der Waals surface area contributed by atoms with Gasteiger partial charge in [-0.25, -0.2) is 0 Å². The largest absolute Gasteiger partial charge is 0.508 e. The lowest BCUT2D eigenvalue weighted by atomic mass is 10.3. The number of aliphatic carboxylic acids is 1. The fourth-order valence-electron chi connectivity index (χ4n) is 2.00. The molecule has 7 heteroatoms. The van der Waals surface area contributed by atoms with E-state index in [9.17, 15) is 9.90 Å². The standard InChI is InChI=1S/C11H12N2O3S2/c14-5-1-2-6-8(3-5)18-10(12-6)9-13-7(4-17-9)11(15)16/h1-3,7,9-10,12-14H,4H2,(H,15,16). The fourth-order valence-corrected chi connectivity index (χ4v) is 4.65. The van der Waals surface area contributed by atoms with Crippen LogP contribution in [0.25, 0.3) is 0 Å². The minimum atomic E-state index is -0.803. The molecule has 5 nitrogen and oxygen atoms in total. The lowest BCUT2D eigenvalue weighted by Crippen LogP contribution is -2.42. The second-order valence-electron chi connectivity index (χ2n) is 4.17. The minimum absolute atomic E-state index is 0.0608. The van der Waals surface area contributed by atoms with E-state index in [1.165, 1.54) is 0 Å². The Kier molecular flexibility index (Phi) is 3.04. The van der Waals surface area contributed by atoms with Crippen molar-refractivity contribution >= 4 is 35.2 Å². The topological polar surface area (TPSA) is 81.6 Å². The number of thioether (sulfide) groups is 2. The van der Waals surface area contributed by atoms with Crippen LogP contribution in [0.15, 0.2) is 23.1 Å². The molecule has 1 saturated heterocycles. The summed E-state index contributed by atoms with van der Waals surface area (Å²) in [5.41, 5.74) is 0.990. The maximum atomic E-state index is 10.9. The first-order chi connectivity index (χ1) is 8.63. The number of phenolic OH excluding ortho intramolecular Hbond substituents is 1. The van der Waals surface area contributed by atoms with E-state index in [0.717, 1.165) is 10.6 Å². The Morgan fingerprint density at radius 1 is 1.39 bits per heavy atom. The Bertz CT molecular complexity index is 497. The van der Waals surface area contributed by atoms with Gasteiger partial charge in [0.15, 0.2) is 0 Å². The Morgan fingerprint density at radius 2 is 2.22 bits per heavy atom. The van der Waals surface area contributed by atoms with Crippen LogP contribution in [-0.4, -0.2) is 38.7 Å². The van der Waals surface area contributed by atoms with E-state index in [4.69, 9.17) is 5.11 Å². The van der Waals surface area contributed by atoms with Crippen molar-refractivity contribution in [1.82, 2.24) is 5.32 Å². The number of carbonyl (C=O) groups is 1. The van der Waals surface area contributed by atoms with Crippen molar-refractivity contribution in [2.45, 2.75) is 21.7 Å². The number of hydrogen-bond acceptors (Lipinski definition) is 6. The van der Waals surface area contributed by atoms with Crippen LogP contribution >= 0.6 is 23.5 Å². The average Bonchev–Trinajstić information content (AvgIpc) is 2.93. The minimum Gasteiger partial charge on any atom is -0.508 e. The average molecular weight is 284 g/mol. The molecule has 0 radical (unpaired) electrons. The maximum absolute atomic E-state index is 10.9. The summed E-state index contributed by atoms with van der Waals surface area (Å²) in [6.07, 6.45) is 0. The number of nitrogens with one attached hydrogen (secondary N) is 2. The molecule has 0 aliphatic carbocycles. The van der Waals surface area contributed by atoms with Gasteiger partial charge in [0.25, 0.3) is 0 Å². The Balaban J connectivity index is 1.69. The smallest absolute Gasteiger partial charge is 0.321 e. The number of anilines is 1. The summed E-state index contributed by atoms with van der Waals surface area (Å²) < 4.78 is 0. The van der Waals surface area contributed by atoms with Crippen molar-refractivity contribution in [2.75, 3.05) is 11.1 Å². The Hall–Kier alpha value is -1.05. The van der Waals surface area contributed by atoms with E-state index < -0.39 is 12.0 Å². The molecule has 0 spiro atoms. The normalized spacial score (nSPS) is 29.9. The highest BCUT2D eigenvalue weighted by atomic mass is 32.2. The van der Waals surface area contributed by atoms with Crippen LogP contribution in [0.2, 0.25) is 0 Å². The summed E-state index contributed by atoms with van der Waals surface area (Å²) in [6.45, 7) is 0. The molecule has 1 aromatic carbocycles. The molecule has 1 fully saturated rings. The van der Waals surface area contributed by atoms with Crippen molar-refractivity contribution in [3.8, 4) is 5.75 Å². The molecular weight excluding hydrogens is 272 g/mol. The highest BCUT2D eigenvalue weighted by Gasteiger charge is 2.37. The fraction of sp³-hybridized carbons (Fsp3) is 0.364. The zero-order valence-electron chi connectivity index (χ0n) is 9.29. The number of aromatic hydroxyl groups is 1. The number of rotatable bonds is 2. The predicted octanol–water partition coefficient (Wildman–Crippen LogP) is 1.35. The van der Waals surface area contributed by atoms with Crippen LogP contribution < -0.4 is 10.6 Å². The summed E-state index contributed by atoms with van der Waals surface area (Å²) >= 11 is 3.23. The first kappa shape index (κ1) is 12.0. The first-order valence-electron chi connectivity index (χ1n) is 5.50. The van der Waals surface area contributed by atoms with Crippen LogP contribution in [0.5, 0.6) is 5.75 Å². The molecule has 0 saturated carbocycles. The molecule has 0 bridgehead atoms. The highest BCUT2D eigenvalue weighted by Crippen LogP contribution is 2.44. The van der Waals surface area contributed by atoms with Crippen LogP contribution in [0.1, 0.15) is 0 Å². The van der Waals surface area contributed by atoms with Crippen molar-refractivity contribution in [3.05, 3.63) is 18.2 Å². The molecule has 2 aliphatic heterocycles. The number of carboxylic acid groups (broad SMARTS) is 1. The lowest BCUT2D eigenvalue weighted by molar-refractivity contribution is -0.138. The van der Waals surface area contributed by atoms with E-state index in [-0.39, 0.29) is 16.5 Å². The predicted molar refractivity (Wildman–Crippen MR) is 72.2 cm³/mol. The van der Waals surface area contributed by atoms with Crippen molar-refractivity contribution in [1.29, 1.82) is 0 Å². The van der Waals surface area contributed by atoms with Gasteiger partial charge in [-0.1, -0.05) is 11.8 Å². The van der Waals surface area contributed by atoms with Crippen molar-refractivity contribution < 1.29 is 15.0 Å². The SMILES string of the molecule is O=C(O)C1CSC(C2Nc3ccc(O)cc3S2)N1. The molecule has 3 rings (SSSR count). The molecule has 18 heavy (non-hydrogen) atoms. The number of hydrogen-bond donors (Lipinski definition) is 4. The van der Waals surface area contributed by atoms with Gasteiger partial charge in [-0.05, 0) is 18.2 Å². The molecule has 4 N–H and O–H groups in total. The zero-order valence-corrected chi connectivity index (χ0v) is 10.9. The molecule has 1 aromatic rings. The van der Waals surface area contributed by atoms with Gasteiger partial charge in [0.05, 0.1) is 5.37 Å². The summed E-state index contributed by atoms with van der Waals surface area (Å²) in [5.74, 6) is 0.0302. The van der Waals surface area contributed by atoms with Gasteiger partial charge in [0.1, 0.15) is 17.2 Å².